The summed E-state index contributed by atoms with van der Waals surface area (Å²) in [5.74, 6) is 0. The first-order chi connectivity index (χ1) is 1.41. The SMILES string of the molecule is COC.O.O.O.O.O. The maximum Gasteiger partial charge on any atom is 0.0351 e. The van der Waals surface area contributed by atoms with E-state index in [1.54, 1.807) is 14.2 Å². The highest BCUT2D eigenvalue weighted by molar-refractivity contribution is 3.56. The first kappa shape index (κ1) is 114. The molecule has 6 heteroatoms. The summed E-state index contributed by atoms with van der Waals surface area (Å²) in [4.78, 5) is 0. The van der Waals surface area contributed by atoms with Crippen molar-refractivity contribution >= 4 is 0 Å². The van der Waals surface area contributed by atoms with Crippen LogP contribution in [0.1, 0.15) is 0 Å². The predicted molar refractivity (Wildman–Crippen MR) is 31.0 cm³/mol. The van der Waals surface area contributed by atoms with Crippen LogP contribution in [0.4, 0.5) is 0 Å². The van der Waals surface area contributed by atoms with E-state index in [-0.39, 0.29) is 27.4 Å². The van der Waals surface area contributed by atoms with Crippen molar-refractivity contribution in [1.29, 1.82) is 0 Å². The molecule has 0 aromatic heterocycles. The van der Waals surface area contributed by atoms with Crippen molar-refractivity contribution in [1.82, 2.24) is 0 Å². The van der Waals surface area contributed by atoms with E-state index in [2.05, 4.69) is 4.74 Å². The largest absolute Gasteiger partial charge is 0.412 e. The third-order valence-corrected chi connectivity index (χ3v) is 0. The Morgan fingerprint density at radius 3 is 0.625 bits per heavy atom. The van der Waals surface area contributed by atoms with Crippen molar-refractivity contribution in [2.75, 3.05) is 14.2 Å². The maximum atomic E-state index is 4.25. The van der Waals surface area contributed by atoms with Crippen molar-refractivity contribution in [3.8, 4) is 0 Å². The fourth-order valence-corrected chi connectivity index (χ4v) is 0. The van der Waals surface area contributed by atoms with Gasteiger partial charge in [0.05, 0.1) is 0 Å². The topological polar surface area (TPSA) is 167 Å². The highest BCUT2D eigenvalue weighted by atomic mass is 16.4. The van der Waals surface area contributed by atoms with Gasteiger partial charge >= 0.3 is 0 Å². The molecule has 0 saturated heterocycles. The molecule has 6 nitrogen and oxygen atoms in total. The maximum absolute atomic E-state index is 4.25. The fraction of sp³-hybridized carbons (Fsp3) is 1.00. The Hall–Kier alpha value is -0.240. The Kier molecular flexibility index (Phi) is 5560. The molecule has 0 aliphatic carbocycles. The second-order valence-corrected chi connectivity index (χ2v) is 0.408. The molecule has 0 rings (SSSR count). The van der Waals surface area contributed by atoms with E-state index in [9.17, 15) is 0 Å². The van der Waals surface area contributed by atoms with Crippen molar-refractivity contribution < 1.29 is 32.1 Å². The van der Waals surface area contributed by atoms with Crippen LogP contribution in [-0.4, -0.2) is 41.6 Å². The number of ether oxygens (including phenoxy) is 1. The van der Waals surface area contributed by atoms with Gasteiger partial charge in [-0.05, 0) is 0 Å². The van der Waals surface area contributed by atoms with Crippen LogP contribution in [0.25, 0.3) is 0 Å². The average Bonchev–Trinajstić information content (AvgIpc) is 0.918. The molecule has 0 fully saturated rings. The Bertz CT molecular complexity index is 6.49. The lowest BCUT2D eigenvalue weighted by atomic mass is 11.6. The molecule has 0 unspecified atom stereocenters. The lowest BCUT2D eigenvalue weighted by molar-refractivity contribution is 0.277. The summed E-state index contributed by atoms with van der Waals surface area (Å²) in [5, 5.41) is 0. The molecular formula is C2H16O6. The van der Waals surface area contributed by atoms with E-state index in [1.807, 2.05) is 0 Å². The first-order valence-electron chi connectivity index (χ1n) is 0.816. The molecule has 60 valence electrons. The van der Waals surface area contributed by atoms with E-state index >= 15 is 0 Å². The van der Waals surface area contributed by atoms with Gasteiger partial charge in [-0.3, -0.25) is 0 Å². The number of rotatable bonds is 0. The molecule has 0 atom stereocenters. The van der Waals surface area contributed by atoms with Crippen LogP contribution >= 0.6 is 0 Å². The molecule has 0 heterocycles. The lowest BCUT2D eigenvalue weighted by Crippen LogP contribution is -1.55. The third kappa shape index (κ3) is 2270. The van der Waals surface area contributed by atoms with E-state index in [4.69, 9.17) is 0 Å². The molecule has 0 radical (unpaired) electrons. The van der Waals surface area contributed by atoms with Gasteiger partial charge in [0.2, 0.25) is 0 Å². The van der Waals surface area contributed by atoms with Gasteiger partial charge in [0.1, 0.15) is 0 Å². The van der Waals surface area contributed by atoms with Gasteiger partial charge in [-0.2, -0.15) is 0 Å². The van der Waals surface area contributed by atoms with Crippen LogP contribution in [0.15, 0.2) is 0 Å². The van der Waals surface area contributed by atoms with Crippen molar-refractivity contribution in [2.45, 2.75) is 0 Å². The van der Waals surface area contributed by atoms with Crippen molar-refractivity contribution in [2.24, 2.45) is 0 Å². The normalized spacial score (nSPS) is 2.25. The van der Waals surface area contributed by atoms with Crippen LogP contribution in [0, 0.1) is 0 Å². The molecule has 0 aromatic rings. The highest BCUT2D eigenvalue weighted by Crippen LogP contribution is 1.28. The molecule has 0 spiro atoms. The van der Waals surface area contributed by atoms with Gasteiger partial charge in [0.15, 0.2) is 0 Å². The van der Waals surface area contributed by atoms with Crippen LogP contribution in [0.2, 0.25) is 0 Å². The summed E-state index contributed by atoms with van der Waals surface area (Å²) >= 11 is 0. The molecule has 0 bridgehead atoms. The number of hydrogen-bond acceptors (Lipinski definition) is 1. The second-order valence-electron chi connectivity index (χ2n) is 0.408. The molecule has 8 heavy (non-hydrogen) atoms. The Morgan fingerprint density at radius 2 is 0.625 bits per heavy atom. The van der Waals surface area contributed by atoms with Crippen molar-refractivity contribution in [3.63, 3.8) is 0 Å². The summed E-state index contributed by atoms with van der Waals surface area (Å²) in [7, 11) is 3.25. The zero-order valence-electron chi connectivity index (χ0n) is 4.91. The minimum absolute atomic E-state index is 0. The van der Waals surface area contributed by atoms with Crippen LogP contribution in [-0.2, 0) is 4.74 Å². The smallest absolute Gasteiger partial charge is 0.0351 e. The van der Waals surface area contributed by atoms with Crippen LogP contribution in [0.5, 0.6) is 0 Å². The molecule has 0 aliphatic rings. The minimum atomic E-state index is 0. The van der Waals surface area contributed by atoms with Gasteiger partial charge in [-0.1, -0.05) is 0 Å². The van der Waals surface area contributed by atoms with Gasteiger partial charge in [0, 0.05) is 14.2 Å². The lowest BCUT2D eigenvalue weighted by Gasteiger charge is -1.61. The molecule has 0 aliphatic heterocycles. The standard InChI is InChI=1S/C2H6O.5H2O/c1-3-2;;;;;/h1-2H3;5*1H2. The molecule has 10 N–H and O–H groups in total. The number of hydrogen-bond donors (Lipinski definition) is 0. The van der Waals surface area contributed by atoms with E-state index in [0.717, 1.165) is 0 Å². The Balaban J connectivity index is -0.00000000200. The summed E-state index contributed by atoms with van der Waals surface area (Å²) < 4.78 is 4.25. The average molecular weight is 136 g/mol. The number of methoxy groups -OCH3 is 1. The molecular weight excluding hydrogens is 120 g/mol. The third-order valence-electron chi connectivity index (χ3n) is 0. The van der Waals surface area contributed by atoms with Gasteiger partial charge in [-0.25, -0.2) is 0 Å². The fourth-order valence-electron chi connectivity index (χ4n) is 0. The highest BCUT2D eigenvalue weighted by Gasteiger charge is 1.25. The first-order valence-corrected chi connectivity index (χ1v) is 0.816. The van der Waals surface area contributed by atoms with Crippen LogP contribution < -0.4 is 0 Å². The summed E-state index contributed by atoms with van der Waals surface area (Å²) in [6.45, 7) is 0. The summed E-state index contributed by atoms with van der Waals surface area (Å²) in [6.07, 6.45) is 0. The summed E-state index contributed by atoms with van der Waals surface area (Å²) in [6, 6.07) is 0. The zero-order valence-corrected chi connectivity index (χ0v) is 4.91. The van der Waals surface area contributed by atoms with Crippen LogP contribution in [0.3, 0.4) is 0 Å². The quantitative estimate of drug-likeness (QED) is 0.326. The Labute approximate surface area is 47.6 Å². The Morgan fingerprint density at radius 1 is 0.625 bits per heavy atom. The predicted octanol–water partition coefficient (Wildman–Crippen LogP) is -3.86. The molecule has 0 aromatic carbocycles. The molecule has 0 amide bonds. The van der Waals surface area contributed by atoms with Gasteiger partial charge in [0.25, 0.3) is 0 Å². The van der Waals surface area contributed by atoms with E-state index in [0.29, 0.717) is 0 Å². The van der Waals surface area contributed by atoms with E-state index < -0.39 is 0 Å². The van der Waals surface area contributed by atoms with Gasteiger partial charge in [-0.15, -0.1) is 0 Å². The van der Waals surface area contributed by atoms with E-state index in [1.165, 1.54) is 0 Å². The van der Waals surface area contributed by atoms with Crippen molar-refractivity contribution in [3.05, 3.63) is 0 Å². The molecule has 0 saturated carbocycles. The monoisotopic (exact) mass is 136 g/mol. The second kappa shape index (κ2) is 388. The minimum Gasteiger partial charge on any atom is -0.412 e. The zero-order chi connectivity index (χ0) is 2.71. The van der Waals surface area contributed by atoms with Gasteiger partial charge < -0.3 is 32.1 Å². The summed E-state index contributed by atoms with van der Waals surface area (Å²) in [5.41, 5.74) is 0.